The third-order valence-electron chi connectivity index (χ3n) is 6.10. The van der Waals surface area contributed by atoms with E-state index in [0.717, 1.165) is 44.2 Å². The van der Waals surface area contributed by atoms with Crippen molar-refractivity contribution in [2.24, 2.45) is 0 Å². The van der Waals surface area contributed by atoms with Crippen molar-refractivity contribution in [3.8, 4) is 0 Å². The molecule has 1 amide bonds. The van der Waals surface area contributed by atoms with Crippen LogP contribution in [-0.2, 0) is 21.6 Å². The monoisotopic (exact) mass is 364 g/mol. The summed E-state index contributed by atoms with van der Waals surface area (Å²) in [6, 6.07) is 12.5. The van der Waals surface area contributed by atoms with Crippen LogP contribution in [0, 0.1) is 6.92 Å². The molecule has 4 rings (SSSR count). The lowest BCUT2D eigenvalue weighted by Gasteiger charge is -2.33. The fourth-order valence-electron chi connectivity index (χ4n) is 4.59. The Labute approximate surface area is 161 Å². The number of aromatic nitrogens is 1. The average Bonchev–Trinajstić information content (AvgIpc) is 3.37. The summed E-state index contributed by atoms with van der Waals surface area (Å²) in [4.78, 5) is 19.6. The molecule has 1 unspecified atom stereocenters. The van der Waals surface area contributed by atoms with Gasteiger partial charge in [-0.3, -0.25) is 9.78 Å². The molecule has 1 saturated carbocycles. The van der Waals surface area contributed by atoms with Gasteiger partial charge in [0.25, 0.3) is 0 Å². The normalized spacial score (nSPS) is 21.5. The lowest BCUT2D eigenvalue weighted by molar-refractivity contribution is -0.136. The first-order chi connectivity index (χ1) is 13.2. The molecule has 4 nitrogen and oxygen atoms in total. The largest absolute Gasteiger partial charge is 0.372 e. The van der Waals surface area contributed by atoms with Crippen LogP contribution in [0.1, 0.15) is 48.8 Å². The Morgan fingerprint density at radius 2 is 2.00 bits per heavy atom. The predicted molar refractivity (Wildman–Crippen MR) is 105 cm³/mol. The zero-order valence-corrected chi connectivity index (χ0v) is 16.1. The Kier molecular flexibility index (Phi) is 5.26. The van der Waals surface area contributed by atoms with Crippen LogP contribution >= 0.6 is 0 Å². The van der Waals surface area contributed by atoms with Gasteiger partial charge in [0.2, 0.25) is 5.91 Å². The number of benzene rings is 1. The fourth-order valence-corrected chi connectivity index (χ4v) is 4.59. The van der Waals surface area contributed by atoms with Crippen LogP contribution < -0.4 is 0 Å². The van der Waals surface area contributed by atoms with Crippen LogP contribution in [0.5, 0.6) is 0 Å². The number of carbonyl (C=O) groups excluding carboxylic acids is 1. The number of carbonyl (C=O) groups is 1. The van der Waals surface area contributed by atoms with Crippen molar-refractivity contribution in [1.29, 1.82) is 0 Å². The highest BCUT2D eigenvalue weighted by molar-refractivity contribution is 5.89. The van der Waals surface area contributed by atoms with Gasteiger partial charge in [-0.25, -0.2) is 0 Å². The molecule has 0 radical (unpaired) electrons. The van der Waals surface area contributed by atoms with E-state index in [1.165, 1.54) is 11.1 Å². The maximum Gasteiger partial charge on any atom is 0.233 e. The summed E-state index contributed by atoms with van der Waals surface area (Å²) in [6.07, 6.45) is 8.82. The highest BCUT2D eigenvalue weighted by Gasteiger charge is 2.46. The van der Waals surface area contributed by atoms with Crippen molar-refractivity contribution >= 4 is 5.91 Å². The molecule has 1 aromatic carbocycles. The summed E-state index contributed by atoms with van der Waals surface area (Å²) in [5.74, 6) is 0.306. The Balaban J connectivity index is 1.44. The summed E-state index contributed by atoms with van der Waals surface area (Å²) >= 11 is 0. The second-order valence-corrected chi connectivity index (χ2v) is 7.99. The molecule has 27 heavy (non-hydrogen) atoms. The van der Waals surface area contributed by atoms with E-state index < -0.39 is 0 Å². The lowest BCUT2D eigenvalue weighted by Crippen LogP contribution is -2.45. The number of hydrogen-bond donors (Lipinski definition) is 0. The zero-order chi connectivity index (χ0) is 18.7. The topological polar surface area (TPSA) is 42.4 Å². The van der Waals surface area contributed by atoms with E-state index in [1.807, 2.05) is 17.0 Å². The molecule has 0 bridgehead atoms. The van der Waals surface area contributed by atoms with Crippen LogP contribution in [-0.4, -0.2) is 35.0 Å². The summed E-state index contributed by atoms with van der Waals surface area (Å²) in [5.41, 5.74) is 3.23. The van der Waals surface area contributed by atoms with Gasteiger partial charge < -0.3 is 9.64 Å². The molecule has 1 aromatic heterocycles. The van der Waals surface area contributed by atoms with E-state index in [-0.39, 0.29) is 11.5 Å². The third kappa shape index (κ3) is 3.77. The summed E-state index contributed by atoms with van der Waals surface area (Å²) in [7, 11) is 0. The number of hydrogen-bond acceptors (Lipinski definition) is 3. The standard InChI is InChI=1S/C23H28N2O2/c1-18-5-4-6-20(15-18)23(10-2-3-11-23)22(26)25-14-9-21(16-25)27-17-19-7-12-24-13-8-19/h4-8,12-13,15,21H,2-3,9-11,14,16-17H2,1H3. The van der Waals surface area contributed by atoms with Crippen molar-refractivity contribution in [2.45, 2.75) is 57.2 Å². The van der Waals surface area contributed by atoms with Crippen LogP contribution in [0.15, 0.2) is 48.8 Å². The maximum absolute atomic E-state index is 13.6. The molecule has 1 atom stereocenters. The Bertz CT molecular complexity index is 784. The van der Waals surface area contributed by atoms with E-state index in [4.69, 9.17) is 4.74 Å². The molecule has 1 aliphatic carbocycles. The third-order valence-corrected chi connectivity index (χ3v) is 6.10. The number of ether oxygens (including phenoxy) is 1. The van der Waals surface area contributed by atoms with Crippen LogP contribution in [0.25, 0.3) is 0 Å². The highest BCUT2D eigenvalue weighted by atomic mass is 16.5. The van der Waals surface area contributed by atoms with Crippen LogP contribution in [0.2, 0.25) is 0 Å². The van der Waals surface area contributed by atoms with E-state index >= 15 is 0 Å². The first-order valence-corrected chi connectivity index (χ1v) is 10.0. The predicted octanol–water partition coefficient (Wildman–Crippen LogP) is 4.02. The van der Waals surface area contributed by atoms with Gasteiger partial charge in [0.15, 0.2) is 0 Å². The molecule has 0 N–H and O–H groups in total. The molecular formula is C23H28N2O2. The lowest BCUT2D eigenvalue weighted by atomic mass is 9.77. The number of rotatable bonds is 5. The Morgan fingerprint density at radius 1 is 1.22 bits per heavy atom. The first-order valence-electron chi connectivity index (χ1n) is 10.0. The van der Waals surface area contributed by atoms with Crippen molar-refractivity contribution in [3.63, 3.8) is 0 Å². The minimum absolute atomic E-state index is 0.123. The number of aryl methyl sites for hydroxylation is 1. The summed E-state index contributed by atoms with van der Waals surface area (Å²) < 4.78 is 6.07. The van der Waals surface area contributed by atoms with Gasteiger partial charge in [-0.05, 0) is 49.4 Å². The summed E-state index contributed by atoms with van der Waals surface area (Å²) in [6.45, 7) is 4.19. The van der Waals surface area contributed by atoms with Gasteiger partial charge >= 0.3 is 0 Å². The SMILES string of the molecule is Cc1cccc(C2(C(=O)N3CCC(OCc4ccncc4)C3)CCCC2)c1. The second-order valence-electron chi connectivity index (χ2n) is 7.99. The first kappa shape index (κ1) is 18.2. The molecule has 4 heteroatoms. The quantitative estimate of drug-likeness (QED) is 0.805. The van der Waals surface area contributed by atoms with E-state index in [2.05, 4.69) is 36.2 Å². The maximum atomic E-state index is 13.6. The smallest absolute Gasteiger partial charge is 0.233 e. The number of amides is 1. The average molecular weight is 364 g/mol. The molecule has 2 aliphatic rings. The molecule has 0 spiro atoms. The van der Waals surface area contributed by atoms with Crippen molar-refractivity contribution in [1.82, 2.24) is 9.88 Å². The molecule has 142 valence electrons. The van der Waals surface area contributed by atoms with Gasteiger partial charge in [0, 0.05) is 25.5 Å². The molecule has 1 saturated heterocycles. The second kappa shape index (κ2) is 7.81. The van der Waals surface area contributed by atoms with E-state index in [0.29, 0.717) is 19.1 Å². The molecule has 2 aromatic rings. The number of likely N-dealkylation sites (tertiary alicyclic amines) is 1. The van der Waals surface area contributed by atoms with Crippen molar-refractivity contribution < 1.29 is 9.53 Å². The van der Waals surface area contributed by atoms with Gasteiger partial charge in [0.05, 0.1) is 18.1 Å². The Hall–Kier alpha value is -2.20. The van der Waals surface area contributed by atoms with Crippen LogP contribution in [0.4, 0.5) is 0 Å². The molecule has 2 heterocycles. The summed E-state index contributed by atoms with van der Waals surface area (Å²) in [5, 5.41) is 0. The minimum atomic E-state index is -0.327. The van der Waals surface area contributed by atoms with Gasteiger partial charge in [-0.15, -0.1) is 0 Å². The van der Waals surface area contributed by atoms with E-state index in [1.54, 1.807) is 12.4 Å². The highest BCUT2D eigenvalue weighted by Crippen LogP contribution is 2.43. The van der Waals surface area contributed by atoms with E-state index in [9.17, 15) is 4.79 Å². The van der Waals surface area contributed by atoms with Gasteiger partial charge in [0.1, 0.15) is 0 Å². The van der Waals surface area contributed by atoms with Crippen molar-refractivity contribution in [2.75, 3.05) is 13.1 Å². The molecule has 1 aliphatic heterocycles. The Morgan fingerprint density at radius 3 is 2.74 bits per heavy atom. The van der Waals surface area contributed by atoms with Gasteiger partial charge in [-0.2, -0.15) is 0 Å². The van der Waals surface area contributed by atoms with Crippen molar-refractivity contribution in [3.05, 3.63) is 65.5 Å². The van der Waals surface area contributed by atoms with Crippen LogP contribution in [0.3, 0.4) is 0 Å². The molecule has 2 fully saturated rings. The van der Waals surface area contributed by atoms with Gasteiger partial charge in [-0.1, -0.05) is 42.7 Å². The fraction of sp³-hybridized carbons (Fsp3) is 0.478. The minimum Gasteiger partial charge on any atom is -0.372 e. The number of pyridine rings is 1. The zero-order valence-electron chi connectivity index (χ0n) is 16.1. The molecular weight excluding hydrogens is 336 g/mol. The number of nitrogens with zero attached hydrogens (tertiary/aromatic N) is 2.